The molecule has 2 N–H and O–H groups in total. The van der Waals surface area contributed by atoms with Crippen molar-refractivity contribution < 1.29 is 19.8 Å². The summed E-state index contributed by atoms with van der Waals surface area (Å²) in [6, 6.07) is 0.148. The highest BCUT2D eigenvalue weighted by Crippen LogP contribution is 2.51. The Balaban J connectivity index is 1.43. The van der Waals surface area contributed by atoms with Crippen LogP contribution in [-0.4, -0.2) is 86.9 Å². The first kappa shape index (κ1) is 21.5. The van der Waals surface area contributed by atoms with E-state index in [-0.39, 0.29) is 23.6 Å². The van der Waals surface area contributed by atoms with E-state index in [1.165, 1.54) is 4.90 Å². The fraction of sp³-hybridized carbons (Fsp3) is 0.636. The van der Waals surface area contributed by atoms with E-state index in [1.54, 1.807) is 18.7 Å². The Labute approximate surface area is 182 Å². The van der Waals surface area contributed by atoms with E-state index in [9.17, 15) is 19.8 Å². The second-order valence-electron chi connectivity index (χ2n) is 8.86. The number of thioether (sulfide) groups is 1. The van der Waals surface area contributed by atoms with Gasteiger partial charge in [0.2, 0.25) is 5.91 Å². The highest BCUT2D eigenvalue weighted by Gasteiger charge is 2.60. The smallest absolute Gasteiger partial charge is 0.353 e. The second kappa shape index (κ2) is 8.40. The predicted octanol–water partition coefficient (Wildman–Crippen LogP) is 1.72. The van der Waals surface area contributed by atoms with Crippen LogP contribution in [-0.2, 0) is 9.59 Å². The molecule has 7 nitrogen and oxygen atoms in total. The number of carbonyl (C=O) groups is 2. The van der Waals surface area contributed by atoms with Gasteiger partial charge in [-0.05, 0) is 33.0 Å². The van der Waals surface area contributed by atoms with Crippen molar-refractivity contribution in [1.82, 2.24) is 14.7 Å². The topological polar surface area (TPSA) is 84.3 Å². The Kier molecular flexibility index (Phi) is 6.01. The van der Waals surface area contributed by atoms with Crippen molar-refractivity contribution in [3.8, 4) is 0 Å². The summed E-state index contributed by atoms with van der Waals surface area (Å²) >= 11 is 1.62. The fourth-order valence-corrected chi connectivity index (χ4v) is 6.73. The maximum absolute atomic E-state index is 12.5. The Morgan fingerprint density at radius 1 is 1.30 bits per heavy atom. The molecular formula is C22H31N3O4S. The number of amides is 1. The number of likely N-dealkylation sites (N-methyl/N-ethyl adjacent to an activating group) is 1. The second-order valence-corrected chi connectivity index (χ2v) is 10.2. The van der Waals surface area contributed by atoms with Gasteiger partial charge < -0.3 is 20.0 Å². The highest BCUT2D eigenvalue weighted by molar-refractivity contribution is 8.03. The first-order valence-corrected chi connectivity index (χ1v) is 11.6. The normalized spacial score (nSPS) is 35.3. The van der Waals surface area contributed by atoms with Gasteiger partial charge in [0, 0.05) is 41.7 Å². The molecule has 0 radical (unpaired) electrons. The number of carbonyl (C=O) groups excluding carboxylic acids is 1. The lowest BCUT2D eigenvalue weighted by Gasteiger charge is -2.46. The van der Waals surface area contributed by atoms with Crippen molar-refractivity contribution in [2.24, 2.45) is 11.8 Å². The molecule has 0 saturated carbocycles. The van der Waals surface area contributed by atoms with Crippen LogP contribution in [0.15, 0.2) is 35.0 Å². The SMILES string of the molecule is CC1C(SC2CCC(/C=C/N3CC=CC3)N(C)C2)=C(C(=O)O)N2C(=O)[C@H]([C@@H](C)O)C12. The largest absolute Gasteiger partial charge is 0.477 e. The number of rotatable bonds is 6. The molecule has 164 valence electrons. The van der Waals surface area contributed by atoms with E-state index in [0.29, 0.717) is 11.3 Å². The molecule has 2 saturated heterocycles. The third kappa shape index (κ3) is 3.69. The lowest BCUT2D eigenvalue weighted by atomic mass is 9.79. The molecule has 6 atom stereocenters. The molecule has 2 fully saturated rings. The van der Waals surface area contributed by atoms with Crippen molar-refractivity contribution in [1.29, 1.82) is 0 Å². The Morgan fingerprint density at radius 3 is 2.60 bits per heavy atom. The van der Waals surface area contributed by atoms with E-state index in [4.69, 9.17) is 0 Å². The van der Waals surface area contributed by atoms with E-state index >= 15 is 0 Å². The summed E-state index contributed by atoms with van der Waals surface area (Å²) in [7, 11) is 2.12. The molecule has 30 heavy (non-hydrogen) atoms. The van der Waals surface area contributed by atoms with Crippen molar-refractivity contribution in [2.75, 3.05) is 26.7 Å². The van der Waals surface area contributed by atoms with E-state index in [1.807, 2.05) is 6.92 Å². The molecule has 0 aliphatic carbocycles. The maximum atomic E-state index is 12.5. The van der Waals surface area contributed by atoms with Crippen molar-refractivity contribution in [3.05, 3.63) is 35.0 Å². The molecule has 0 aromatic heterocycles. The molecule has 8 heteroatoms. The van der Waals surface area contributed by atoms with Gasteiger partial charge in [-0.3, -0.25) is 9.69 Å². The molecule has 4 heterocycles. The van der Waals surface area contributed by atoms with Gasteiger partial charge in [0.25, 0.3) is 0 Å². The van der Waals surface area contributed by atoms with Crippen molar-refractivity contribution >= 4 is 23.6 Å². The average molecular weight is 434 g/mol. The van der Waals surface area contributed by atoms with Gasteiger partial charge in [-0.2, -0.15) is 0 Å². The van der Waals surface area contributed by atoms with Crippen LogP contribution in [0.4, 0.5) is 0 Å². The molecule has 0 aromatic rings. The number of hydrogen-bond acceptors (Lipinski definition) is 6. The molecule has 0 spiro atoms. The number of aliphatic hydroxyl groups is 1. The summed E-state index contributed by atoms with van der Waals surface area (Å²) in [4.78, 5) is 31.3. The minimum absolute atomic E-state index is 0.0657. The van der Waals surface area contributed by atoms with E-state index in [2.05, 4.69) is 41.3 Å². The standard InChI is InChI=1S/C22H31N3O4S/c1-13-18-17(14(2)26)21(27)25(18)19(22(28)29)20(13)30-16-7-6-15(23(3)12-16)8-11-24-9-4-5-10-24/h4-5,8,11,13-18,26H,6-7,9-10,12H2,1-3H3,(H,28,29)/b11-8+/t13?,14-,15?,16?,17-,18?/m1/s1. The zero-order valence-corrected chi connectivity index (χ0v) is 18.6. The van der Waals surface area contributed by atoms with Crippen LogP contribution in [0.1, 0.15) is 26.7 Å². The third-order valence-corrected chi connectivity index (χ3v) is 8.35. The molecule has 4 rings (SSSR count). The number of aliphatic carboxylic acids is 1. The number of likely N-dealkylation sites (tertiary alicyclic amines) is 1. The first-order valence-electron chi connectivity index (χ1n) is 10.7. The van der Waals surface area contributed by atoms with Gasteiger partial charge in [0.1, 0.15) is 5.70 Å². The van der Waals surface area contributed by atoms with Crippen molar-refractivity contribution in [2.45, 2.75) is 50.1 Å². The van der Waals surface area contributed by atoms with Crippen LogP contribution in [0.3, 0.4) is 0 Å². The summed E-state index contributed by atoms with van der Waals surface area (Å²) in [5.41, 5.74) is 0.130. The quantitative estimate of drug-likeness (QED) is 0.487. The number of carboxylic acids is 1. The van der Waals surface area contributed by atoms with Crippen LogP contribution in [0.25, 0.3) is 0 Å². The van der Waals surface area contributed by atoms with Crippen molar-refractivity contribution in [3.63, 3.8) is 0 Å². The number of aliphatic hydroxyl groups excluding tert-OH is 1. The molecule has 0 bridgehead atoms. The molecule has 4 aliphatic heterocycles. The van der Waals surface area contributed by atoms with Crippen LogP contribution in [0, 0.1) is 11.8 Å². The van der Waals surface area contributed by atoms with Gasteiger partial charge in [-0.1, -0.05) is 25.2 Å². The molecular weight excluding hydrogens is 402 g/mol. The lowest BCUT2D eigenvalue weighted by Crippen LogP contribution is -2.63. The van der Waals surface area contributed by atoms with Crippen LogP contribution >= 0.6 is 11.8 Å². The van der Waals surface area contributed by atoms with Crippen LogP contribution < -0.4 is 0 Å². The monoisotopic (exact) mass is 433 g/mol. The van der Waals surface area contributed by atoms with E-state index in [0.717, 1.165) is 37.4 Å². The predicted molar refractivity (Wildman–Crippen MR) is 117 cm³/mol. The number of carboxylic acid groups (broad SMARTS) is 1. The first-order chi connectivity index (χ1) is 14.3. The molecule has 0 aromatic carbocycles. The summed E-state index contributed by atoms with van der Waals surface area (Å²) in [5, 5.41) is 20.1. The zero-order valence-electron chi connectivity index (χ0n) is 17.8. The molecule has 4 aliphatic rings. The fourth-order valence-electron chi connectivity index (χ4n) is 5.16. The summed E-state index contributed by atoms with van der Waals surface area (Å²) in [6.07, 6.45) is 10.1. The Bertz CT molecular complexity index is 800. The highest BCUT2D eigenvalue weighted by atomic mass is 32.2. The lowest BCUT2D eigenvalue weighted by molar-refractivity contribution is -0.163. The van der Waals surface area contributed by atoms with Crippen LogP contribution in [0.2, 0.25) is 0 Å². The van der Waals surface area contributed by atoms with Gasteiger partial charge >= 0.3 is 5.97 Å². The van der Waals surface area contributed by atoms with Gasteiger partial charge in [-0.25, -0.2) is 4.79 Å². The number of nitrogens with zero attached hydrogens (tertiary/aromatic N) is 3. The number of piperidine rings is 1. The maximum Gasteiger partial charge on any atom is 0.353 e. The zero-order chi connectivity index (χ0) is 21.6. The van der Waals surface area contributed by atoms with Gasteiger partial charge in [0.05, 0.1) is 18.1 Å². The Morgan fingerprint density at radius 2 is 2.00 bits per heavy atom. The molecule has 1 amide bonds. The minimum atomic E-state index is -1.05. The van der Waals surface area contributed by atoms with Gasteiger partial charge in [-0.15, -0.1) is 11.8 Å². The van der Waals surface area contributed by atoms with Gasteiger partial charge in [0.15, 0.2) is 0 Å². The Hall–Kier alpha value is -1.77. The number of β-lactam (4-membered cyclic amide) rings is 1. The van der Waals surface area contributed by atoms with E-state index < -0.39 is 18.0 Å². The summed E-state index contributed by atoms with van der Waals surface area (Å²) in [5.74, 6) is -1.88. The molecule has 4 unspecified atom stereocenters. The number of hydrogen-bond donors (Lipinski definition) is 2. The number of fused-ring (bicyclic) bond motifs is 1. The summed E-state index contributed by atoms with van der Waals surface area (Å²) < 4.78 is 0. The average Bonchev–Trinajstić information content (AvgIpc) is 3.27. The third-order valence-electron chi connectivity index (χ3n) is 6.81. The van der Waals surface area contributed by atoms with Crippen LogP contribution in [0.5, 0.6) is 0 Å². The summed E-state index contributed by atoms with van der Waals surface area (Å²) in [6.45, 7) is 6.41. The minimum Gasteiger partial charge on any atom is -0.477 e.